The van der Waals surface area contributed by atoms with Crippen LogP contribution in [-0.4, -0.2) is 25.6 Å². The molecule has 0 radical (unpaired) electrons. The average Bonchev–Trinajstić information content (AvgIpc) is 3.32. The summed E-state index contributed by atoms with van der Waals surface area (Å²) in [6.45, 7) is 0. The topological polar surface area (TPSA) is 94.7 Å². The molecule has 2 aromatic carbocycles. The minimum Gasteiger partial charge on any atom is -0.478 e. The number of carbonyl (C=O) groups is 1. The number of carboxylic acid groups (broad SMARTS) is 1. The summed E-state index contributed by atoms with van der Waals surface area (Å²) in [5.74, 6) is -0.460. The summed E-state index contributed by atoms with van der Waals surface area (Å²) < 4.78 is 1.88. The first-order valence-corrected chi connectivity index (χ1v) is 8.24. The first-order valence-electron chi connectivity index (χ1n) is 8.24. The van der Waals surface area contributed by atoms with E-state index in [0.717, 1.165) is 22.4 Å². The Bertz CT molecular complexity index is 1170. The van der Waals surface area contributed by atoms with Gasteiger partial charge in [0, 0.05) is 17.6 Å². The number of H-pyrrole nitrogens is 1. The van der Waals surface area contributed by atoms with Gasteiger partial charge in [-0.3, -0.25) is 0 Å². The molecule has 6 nitrogen and oxygen atoms in total. The number of nitrogens with one attached hydrogen (secondary N) is 1. The summed E-state index contributed by atoms with van der Waals surface area (Å²) in [6, 6.07) is 20.1. The van der Waals surface area contributed by atoms with E-state index in [1.807, 2.05) is 47.2 Å². The number of hydrogen-bond donors (Lipinski definition) is 2. The minimum atomic E-state index is -0.967. The smallest absolute Gasteiger partial charge is 0.335 e. The second-order valence-corrected chi connectivity index (χ2v) is 5.93. The van der Waals surface area contributed by atoms with Gasteiger partial charge in [0.1, 0.15) is 11.9 Å². The van der Waals surface area contributed by atoms with Crippen LogP contribution in [0, 0.1) is 11.3 Å². The molecule has 0 saturated carbocycles. The number of hydrogen-bond acceptors (Lipinski definition) is 3. The van der Waals surface area contributed by atoms with Crippen molar-refractivity contribution in [2.45, 2.75) is 0 Å². The number of imidazole rings is 1. The molecule has 0 aliphatic rings. The van der Waals surface area contributed by atoms with Gasteiger partial charge in [-0.2, -0.15) is 5.26 Å². The van der Waals surface area contributed by atoms with Gasteiger partial charge >= 0.3 is 5.97 Å². The highest BCUT2D eigenvalue weighted by Crippen LogP contribution is 2.21. The van der Waals surface area contributed by atoms with Gasteiger partial charge in [-0.1, -0.05) is 12.1 Å². The number of rotatable bonds is 4. The monoisotopic (exact) mass is 354 g/mol. The number of aromatic nitrogens is 3. The van der Waals surface area contributed by atoms with E-state index in [-0.39, 0.29) is 5.56 Å². The highest BCUT2D eigenvalue weighted by atomic mass is 16.4. The molecule has 4 rings (SSSR count). The van der Waals surface area contributed by atoms with E-state index < -0.39 is 5.97 Å². The van der Waals surface area contributed by atoms with Crippen molar-refractivity contribution in [3.63, 3.8) is 0 Å². The van der Waals surface area contributed by atoms with Crippen LogP contribution < -0.4 is 0 Å². The van der Waals surface area contributed by atoms with Crippen molar-refractivity contribution in [2.75, 3.05) is 0 Å². The molecule has 0 fully saturated rings. The maximum atomic E-state index is 11.0. The van der Waals surface area contributed by atoms with Gasteiger partial charge in [-0.25, -0.2) is 9.78 Å². The molecule has 2 heterocycles. The summed E-state index contributed by atoms with van der Waals surface area (Å²) in [5, 5.41) is 18.6. The first-order chi connectivity index (χ1) is 13.2. The molecule has 0 amide bonds. The number of carboxylic acids is 1. The van der Waals surface area contributed by atoms with Crippen LogP contribution in [0.4, 0.5) is 0 Å². The Kier molecular flexibility index (Phi) is 4.03. The fourth-order valence-electron chi connectivity index (χ4n) is 2.89. The Morgan fingerprint density at radius 3 is 2.59 bits per heavy atom. The van der Waals surface area contributed by atoms with Crippen molar-refractivity contribution in [3.05, 3.63) is 83.9 Å². The SMILES string of the molecule is N#CC(=Cc1cccn1-c1ccc(C(=O)O)cc1)c1nc2ccccc2[nH]1. The van der Waals surface area contributed by atoms with E-state index in [0.29, 0.717) is 11.4 Å². The predicted molar refractivity (Wildman–Crippen MR) is 102 cm³/mol. The Hall–Kier alpha value is -4.11. The molecule has 0 aliphatic carbocycles. The molecule has 2 aromatic heterocycles. The van der Waals surface area contributed by atoms with Gasteiger partial charge in [0.2, 0.25) is 0 Å². The molecular formula is C21H14N4O2. The van der Waals surface area contributed by atoms with E-state index in [1.54, 1.807) is 30.3 Å². The first kappa shape index (κ1) is 16.4. The third-order valence-corrected chi connectivity index (χ3v) is 4.23. The molecule has 0 bridgehead atoms. The fourth-order valence-corrected chi connectivity index (χ4v) is 2.89. The van der Waals surface area contributed by atoms with E-state index in [4.69, 9.17) is 5.11 Å². The predicted octanol–water partition coefficient (Wildman–Crippen LogP) is 4.12. The van der Waals surface area contributed by atoms with Gasteiger partial charge in [0.25, 0.3) is 0 Å². The van der Waals surface area contributed by atoms with Crippen LogP contribution in [0.1, 0.15) is 21.9 Å². The van der Waals surface area contributed by atoms with Gasteiger partial charge in [0.05, 0.1) is 22.2 Å². The number of nitrogens with zero attached hydrogens (tertiary/aromatic N) is 3. The quantitative estimate of drug-likeness (QED) is 0.539. The zero-order valence-corrected chi connectivity index (χ0v) is 14.1. The number of nitriles is 1. The number of allylic oxidation sites excluding steroid dienone is 1. The maximum absolute atomic E-state index is 11.0. The second kappa shape index (κ2) is 6.65. The summed E-state index contributed by atoms with van der Waals surface area (Å²) >= 11 is 0. The average molecular weight is 354 g/mol. The Balaban J connectivity index is 1.74. The third kappa shape index (κ3) is 3.10. The molecule has 6 heteroatoms. The molecule has 0 aliphatic heterocycles. The normalized spacial score (nSPS) is 11.4. The van der Waals surface area contributed by atoms with Crippen molar-refractivity contribution in [3.8, 4) is 11.8 Å². The van der Waals surface area contributed by atoms with Crippen molar-refractivity contribution in [2.24, 2.45) is 0 Å². The van der Waals surface area contributed by atoms with Crippen LogP contribution in [0.25, 0.3) is 28.4 Å². The van der Waals surface area contributed by atoms with Gasteiger partial charge in [-0.05, 0) is 54.6 Å². The molecule has 0 saturated heterocycles. The van der Waals surface area contributed by atoms with Crippen LogP contribution in [0.15, 0.2) is 66.9 Å². The van der Waals surface area contributed by atoms with Gasteiger partial charge in [0.15, 0.2) is 0 Å². The lowest BCUT2D eigenvalue weighted by molar-refractivity contribution is 0.0697. The molecule has 2 N–H and O–H groups in total. The lowest BCUT2D eigenvalue weighted by atomic mass is 10.2. The second-order valence-electron chi connectivity index (χ2n) is 5.93. The van der Waals surface area contributed by atoms with Gasteiger partial charge < -0.3 is 14.7 Å². The highest BCUT2D eigenvalue weighted by Gasteiger charge is 2.10. The molecule has 4 aromatic rings. The molecule has 0 unspecified atom stereocenters. The van der Waals surface area contributed by atoms with E-state index in [9.17, 15) is 10.1 Å². The molecule has 27 heavy (non-hydrogen) atoms. The number of benzene rings is 2. The van der Waals surface area contributed by atoms with Crippen molar-refractivity contribution in [1.82, 2.24) is 14.5 Å². The van der Waals surface area contributed by atoms with Crippen LogP contribution >= 0.6 is 0 Å². The minimum absolute atomic E-state index is 0.225. The van der Waals surface area contributed by atoms with Crippen LogP contribution in [0.3, 0.4) is 0 Å². The molecule has 0 spiro atoms. The largest absolute Gasteiger partial charge is 0.478 e. The number of para-hydroxylation sites is 2. The van der Waals surface area contributed by atoms with Crippen molar-refractivity contribution < 1.29 is 9.90 Å². The highest BCUT2D eigenvalue weighted by molar-refractivity contribution is 5.90. The summed E-state index contributed by atoms with van der Waals surface area (Å²) in [7, 11) is 0. The fraction of sp³-hybridized carbons (Fsp3) is 0. The van der Waals surface area contributed by atoms with E-state index in [2.05, 4.69) is 16.0 Å². The standard InChI is InChI=1S/C21H14N4O2/c22-13-15(20-23-18-5-1-2-6-19(18)24-20)12-17-4-3-11-25(17)16-9-7-14(8-10-16)21(26)27/h1-12H,(H,23,24)(H,26,27). The van der Waals surface area contributed by atoms with E-state index in [1.165, 1.54) is 0 Å². The van der Waals surface area contributed by atoms with Crippen LogP contribution in [-0.2, 0) is 0 Å². The Morgan fingerprint density at radius 1 is 1.11 bits per heavy atom. The summed E-state index contributed by atoms with van der Waals surface area (Å²) in [5.41, 5.74) is 3.89. The summed E-state index contributed by atoms with van der Waals surface area (Å²) in [4.78, 5) is 18.7. The lowest BCUT2D eigenvalue weighted by Crippen LogP contribution is -1.99. The van der Waals surface area contributed by atoms with Crippen molar-refractivity contribution in [1.29, 1.82) is 5.26 Å². The van der Waals surface area contributed by atoms with Crippen molar-refractivity contribution >= 4 is 28.7 Å². The Morgan fingerprint density at radius 2 is 1.89 bits per heavy atom. The third-order valence-electron chi connectivity index (χ3n) is 4.23. The lowest BCUT2D eigenvalue weighted by Gasteiger charge is -2.07. The van der Waals surface area contributed by atoms with Crippen LogP contribution in [0.5, 0.6) is 0 Å². The zero-order valence-electron chi connectivity index (χ0n) is 14.1. The molecular weight excluding hydrogens is 340 g/mol. The van der Waals surface area contributed by atoms with Crippen LogP contribution in [0.2, 0.25) is 0 Å². The summed E-state index contributed by atoms with van der Waals surface area (Å²) in [6.07, 6.45) is 3.61. The number of fused-ring (bicyclic) bond motifs is 1. The molecule has 0 atom stereocenters. The molecule has 130 valence electrons. The van der Waals surface area contributed by atoms with E-state index >= 15 is 0 Å². The zero-order chi connectivity index (χ0) is 18.8. The maximum Gasteiger partial charge on any atom is 0.335 e. The number of aromatic carboxylic acids is 1. The Labute approximate surface area is 154 Å². The van der Waals surface area contributed by atoms with Gasteiger partial charge in [-0.15, -0.1) is 0 Å². The number of aromatic amines is 1.